The van der Waals surface area contributed by atoms with Gasteiger partial charge in [-0.2, -0.15) is 0 Å². The maximum atomic E-state index is 15.1. The van der Waals surface area contributed by atoms with Crippen LogP contribution in [-0.2, 0) is 25.2 Å². The summed E-state index contributed by atoms with van der Waals surface area (Å²) in [5.74, 6) is -1.90. The van der Waals surface area contributed by atoms with Crippen LogP contribution in [0.15, 0.2) is 48.5 Å². The molecule has 0 saturated carbocycles. The Bertz CT molecular complexity index is 1210. The summed E-state index contributed by atoms with van der Waals surface area (Å²) in [6, 6.07) is 14.5. The number of amides is 2. The molecule has 226 valence electrons. The monoisotopic (exact) mass is 588 g/mol. The van der Waals surface area contributed by atoms with Crippen molar-refractivity contribution in [1.29, 1.82) is 0 Å². The van der Waals surface area contributed by atoms with Gasteiger partial charge < -0.3 is 15.4 Å². The molecule has 0 aliphatic rings. The Kier molecular flexibility index (Phi) is 11.6. The van der Waals surface area contributed by atoms with Crippen molar-refractivity contribution in [1.82, 2.24) is 5.32 Å². The predicted octanol–water partition coefficient (Wildman–Crippen LogP) is 7.48. The van der Waals surface area contributed by atoms with Crippen LogP contribution in [0, 0.1) is 5.41 Å². The number of nitrogens with one attached hydrogen (secondary N) is 2. The highest BCUT2D eigenvalue weighted by Crippen LogP contribution is 2.38. The lowest BCUT2D eigenvalue weighted by atomic mass is 9.76. The van der Waals surface area contributed by atoms with Crippen LogP contribution in [0.2, 0.25) is 0 Å². The van der Waals surface area contributed by atoms with E-state index < -0.39 is 22.2 Å². The molecular formula is C33H46ClFN2O4. The maximum Gasteiger partial charge on any atom is 0.319 e. The van der Waals surface area contributed by atoms with Gasteiger partial charge >= 0.3 is 5.13 Å². The van der Waals surface area contributed by atoms with E-state index in [1.165, 1.54) is 19.4 Å². The van der Waals surface area contributed by atoms with Crippen molar-refractivity contribution in [3.63, 3.8) is 0 Å². The molecular weight excluding hydrogens is 543 g/mol. The van der Waals surface area contributed by atoms with E-state index in [-0.39, 0.29) is 29.7 Å². The number of hydrogen-bond acceptors (Lipinski definition) is 4. The molecule has 8 heteroatoms. The lowest BCUT2D eigenvalue weighted by molar-refractivity contribution is -0.141. The molecule has 0 aliphatic carbocycles. The molecule has 0 fully saturated rings. The molecule has 2 rings (SSSR count). The number of halogens is 2. The van der Waals surface area contributed by atoms with E-state index in [1.54, 1.807) is 30.3 Å². The number of ketones is 1. The molecule has 41 heavy (non-hydrogen) atoms. The minimum atomic E-state index is -3.29. The van der Waals surface area contributed by atoms with Crippen molar-refractivity contribution >= 4 is 34.9 Å². The van der Waals surface area contributed by atoms with Gasteiger partial charge in [0.05, 0.1) is 6.61 Å². The highest BCUT2D eigenvalue weighted by molar-refractivity contribution is 6.47. The number of ether oxygens (including phenoxy) is 1. The van der Waals surface area contributed by atoms with Crippen LogP contribution >= 0.6 is 11.6 Å². The molecule has 6 nitrogen and oxygen atoms in total. The molecule has 2 amide bonds. The van der Waals surface area contributed by atoms with E-state index in [0.717, 1.165) is 24.2 Å². The van der Waals surface area contributed by atoms with Gasteiger partial charge in [-0.15, -0.1) is 0 Å². The maximum absolute atomic E-state index is 15.1. The van der Waals surface area contributed by atoms with Crippen LogP contribution in [0.1, 0.15) is 92.2 Å². The fraction of sp³-hybridized carbons (Fsp3) is 0.545. The molecule has 0 aliphatic heterocycles. The largest absolute Gasteiger partial charge is 0.493 e. The van der Waals surface area contributed by atoms with E-state index in [0.29, 0.717) is 18.7 Å². The van der Waals surface area contributed by atoms with Crippen LogP contribution in [0.4, 0.5) is 10.1 Å². The zero-order valence-corrected chi connectivity index (χ0v) is 26.5. The van der Waals surface area contributed by atoms with Crippen molar-refractivity contribution in [2.24, 2.45) is 5.41 Å². The van der Waals surface area contributed by atoms with E-state index in [1.807, 2.05) is 6.07 Å². The third kappa shape index (κ3) is 9.03. The van der Waals surface area contributed by atoms with Gasteiger partial charge in [0.15, 0.2) is 0 Å². The Morgan fingerprint density at radius 1 is 0.902 bits per heavy atom. The zero-order chi connectivity index (χ0) is 31.1. The average molecular weight is 589 g/mol. The first-order chi connectivity index (χ1) is 19.0. The Labute approximate surface area is 249 Å². The Morgan fingerprint density at radius 3 is 2.10 bits per heavy atom. The highest BCUT2D eigenvalue weighted by Gasteiger charge is 2.51. The van der Waals surface area contributed by atoms with Crippen LogP contribution in [-0.4, -0.2) is 35.9 Å². The predicted molar refractivity (Wildman–Crippen MR) is 164 cm³/mol. The molecule has 2 aromatic rings. The SMILES string of the molecule is CCC(C)(C)c1ccc(OCCCC(=O)NCC(C)(C)C(=O)C(F)(Cl)C(=O)Nc2ccccc2)c(C(C)(C)CC)c1. The van der Waals surface area contributed by atoms with Crippen molar-refractivity contribution in [3.8, 4) is 5.75 Å². The summed E-state index contributed by atoms with van der Waals surface area (Å²) >= 11 is 5.79. The van der Waals surface area contributed by atoms with Crippen LogP contribution in [0.25, 0.3) is 0 Å². The molecule has 2 aromatic carbocycles. The summed E-state index contributed by atoms with van der Waals surface area (Å²) in [7, 11) is 0. The van der Waals surface area contributed by atoms with Crippen molar-refractivity contribution in [3.05, 3.63) is 59.7 Å². The normalized spacial score (nSPS) is 13.7. The third-order valence-corrected chi connectivity index (χ3v) is 8.35. The molecule has 1 atom stereocenters. The van der Waals surface area contributed by atoms with Gasteiger partial charge in [0.25, 0.3) is 5.91 Å². The number of rotatable bonds is 15. The number of carbonyl (C=O) groups is 3. The second kappa shape index (κ2) is 13.8. The van der Waals surface area contributed by atoms with Gasteiger partial charge in [-0.3, -0.25) is 14.4 Å². The molecule has 0 saturated heterocycles. The minimum Gasteiger partial charge on any atom is -0.493 e. The molecule has 0 radical (unpaired) electrons. The topological polar surface area (TPSA) is 84.5 Å². The second-order valence-electron chi connectivity index (χ2n) is 12.5. The van der Waals surface area contributed by atoms with Gasteiger partial charge in [0.1, 0.15) is 5.75 Å². The molecule has 0 spiro atoms. The third-order valence-electron chi connectivity index (χ3n) is 8.01. The summed E-state index contributed by atoms with van der Waals surface area (Å²) in [6.07, 6.45) is 2.59. The number of carbonyl (C=O) groups excluding carboxylic acids is 3. The Morgan fingerprint density at radius 2 is 1.51 bits per heavy atom. The Balaban J connectivity index is 1.93. The first-order valence-electron chi connectivity index (χ1n) is 14.3. The van der Waals surface area contributed by atoms with E-state index >= 15 is 4.39 Å². The number of alkyl halides is 2. The first-order valence-corrected chi connectivity index (χ1v) is 14.7. The molecule has 1 unspecified atom stereocenters. The summed E-state index contributed by atoms with van der Waals surface area (Å²) < 4.78 is 21.3. The number of hydrogen-bond donors (Lipinski definition) is 2. The van der Waals surface area contributed by atoms with Crippen molar-refractivity contribution in [2.45, 2.75) is 97.0 Å². The number of benzene rings is 2. The van der Waals surface area contributed by atoms with Gasteiger partial charge in [0.2, 0.25) is 11.7 Å². The molecule has 0 aromatic heterocycles. The van der Waals surface area contributed by atoms with Crippen LogP contribution in [0.5, 0.6) is 5.75 Å². The lowest BCUT2D eigenvalue weighted by Gasteiger charge is -2.30. The van der Waals surface area contributed by atoms with E-state index in [9.17, 15) is 14.4 Å². The van der Waals surface area contributed by atoms with Gasteiger partial charge in [-0.05, 0) is 53.9 Å². The first kappa shape index (κ1) is 34.3. The standard InChI is InChI=1S/C33H46ClFN2O4/c1-9-30(3,4)23-18-19-26(25(21-23)31(5,6)10-2)41-20-14-17-27(38)36-22-32(7,8)28(39)33(34,35)29(40)37-24-15-12-11-13-16-24/h11-13,15-16,18-19,21H,9-10,14,17,20,22H2,1-8H3,(H,36,38)(H,37,40). The quantitative estimate of drug-likeness (QED) is 0.128. The fourth-order valence-corrected chi connectivity index (χ4v) is 4.47. The number of anilines is 1. The van der Waals surface area contributed by atoms with E-state index in [4.69, 9.17) is 16.3 Å². The van der Waals surface area contributed by atoms with Gasteiger partial charge in [-0.1, -0.05) is 97.3 Å². The van der Waals surface area contributed by atoms with Gasteiger partial charge in [0, 0.05) is 29.6 Å². The van der Waals surface area contributed by atoms with Crippen molar-refractivity contribution in [2.75, 3.05) is 18.5 Å². The summed E-state index contributed by atoms with van der Waals surface area (Å²) in [6.45, 7) is 16.3. The Hall–Kier alpha value is -2.93. The van der Waals surface area contributed by atoms with Gasteiger partial charge in [-0.25, -0.2) is 4.39 Å². The summed E-state index contributed by atoms with van der Waals surface area (Å²) in [5, 5.41) is 1.69. The number of Topliss-reactive ketones (excluding diaryl/α,β-unsaturated/α-hetero) is 1. The molecule has 2 N–H and O–H groups in total. The fourth-order valence-electron chi connectivity index (χ4n) is 4.16. The summed E-state index contributed by atoms with van der Waals surface area (Å²) in [4.78, 5) is 37.8. The van der Waals surface area contributed by atoms with Crippen LogP contribution in [0.3, 0.4) is 0 Å². The zero-order valence-electron chi connectivity index (χ0n) is 25.8. The smallest absolute Gasteiger partial charge is 0.319 e. The van der Waals surface area contributed by atoms with E-state index in [2.05, 4.69) is 64.3 Å². The number of para-hydroxylation sites is 1. The second-order valence-corrected chi connectivity index (χ2v) is 13.0. The van der Waals surface area contributed by atoms with Crippen LogP contribution < -0.4 is 15.4 Å². The van der Waals surface area contributed by atoms with Crippen molar-refractivity contribution < 1.29 is 23.5 Å². The minimum absolute atomic E-state index is 0.0569. The highest BCUT2D eigenvalue weighted by atomic mass is 35.5. The average Bonchev–Trinajstić information content (AvgIpc) is 2.94. The molecule has 0 bridgehead atoms. The molecule has 0 heterocycles. The summed E-state index contributed by atoms with van der Waals surface area (Å²) in [5.41, 5.74) is 1.29. The lowest BCUT2D eigenvalue weighted by Crippen LogP contribution is -2.51.